The van der Waals surface area contributed by atoms with E-state index in [9.17, 15) is 8.78 Å². The molecule has 0 N–H and O–H groups in total. The first kappa shape index (κ1) is 13.8. The van der Waals surface area contributed by atoms with Gasteiger partial charge in [-0.15, -0.1) is 10.2 Å². The third-order valence-electron chi connectivity index (χ3n) is 2.80. The second-order valence-electron chi connectivity index (χ2n) is 4.23. The van der Waals surface area contributed by atoms with Crippen molar-refractivity contribution in [1.82, 2.24) is 20.2 Å². The summed E-state index contributed by atoms with van der Waals surface area (Å²) in [6.45, 7) is 0. The summed E-state index contributed by atoms with van der Waals surface area (Å²) in [7, 11) is 0. The number of alkyl halides is 2. The molecule has 3 aromatic rings. The van der Waals surface area contributed by atoms with Gasteiger partial charge in [-0.1, -0.05) is 0 Å². The summed E-state index contributed by atoms with van der Waals surface area (Å²) in [6, 6.07) is 8.76. The van der Waals surface area contributed by atoms with Gasteiger partial charge in [0.25, 0.3) is 11.8 Å². The molecule has 108 valence electrons. The molecular weight excluding hydrogens is 292 g/mol. The van der Waals surface area contributed by atoms with Crippen LogP contribution in [0, 0.1) is 11.3 Å². The highest BCUT2D eigenvalue weighted by molar-refractivity contribution is 5.58. The van der Waals surface area contributed by atoms with Gasteiger partial charge in [-0.25, -0.2) is 9.97 Å². The van der Waals surface area contributed by atoms with Crippen LogP contribution < -0.4 is 0 Å². The number of hydrogen-bond acceptors (Lipinski definition) is 6. The molecule has 2 heterocycles. The van der Waals surface area contributed by atoms with Crippen molar-refractivity contribution in [2.24, 2.45) is 0 Å². The fourth-order valence-corrected chi connectivity index (χ4v) is 1.72. The molecule has 0 saturated heterocycles. The van der Waals surface area contributed by atoms with E-state index in [-0.39, 0.29) is 5.89 Å². The van der Waals surface area contributed by atoms with Crippen LogP contribution in [0.3, 0.4) is 0 Å². The Labute approximate surface area is 123 Å². The third-order valence-corrected chi connectivity index (χ3v) is 2.80. The van der Waals surface area contributed by atoms with E-state index in [0.29, 0.717) is 17.0 Å². The number of nitriles is 1. The van der Waals surface area contributed by atoms with E-state index >= 15 is 0 Å². The highest BCUT2D eigenvalue weighted by atomic mass is 19.3. The van der Waals surface area contributed by atoms with Crippen LogP contribution in [-0.2, 0) is 0 Å². The van der Waals surface area contributed by atoms with Gasteiger partial charge in [0.15, 0.2) is 5.82 Å². The zero-order valence-electron chi connectivity index (χ0n) is 10.9. The van der Waals surface area contributed by atoms with Crippen molar-refractivity contribution < 1.29 is 13.2 Å². The Kier molecular flexibility index (Phi) is 3.53. The van der Waals surface area contributed by atoms with Crippen molar-refractivity contribution in [1.29, 1.82) is 5.26 Å². The summed E-state index contributed by atoms with van der Waals surface area (Å²) >= 11 is 0. The Hall–Kier alpha value is -3.21. The molecule has 0 fully saturated rings. The van der Waals surface area contributed by atoms with Crippen molar-refractivity contribution >= 4 is 0 Å². The quantitative estimate of drug-likeness (QED) is 0.738. The molecule has 3 rings (SSSR count). The van der Waals surface area contributed by atoms with Crippen LogP contribution in [0.15, 0.2) is 41.1 Å². The lowest BCUT2D eigenvalue weighted by atomic mass is 10.1. The van der Waals surface area contributed by atoms with Gasteiger partial charge in [-0.05, 0) is 24.3 Å². The Morgan fingerprint density at radius 2 is 1.68 bits per heavy atom. The number of halogens is 2. The molecule has 2 aromatic heterocycles. The van der Waals surface area contributed by atoms with Crippen LogP contribution in [0.1, 0.15) is 17.9 Å². The number of aromatic nitrogens is 4. The van der Waals surface area contributed by atoms with E-state index in [0.717, 1.165) is 5.56 Å². The van der Waals surface area contributed by atoms with Gasteiger partial charge in [0.1, 0.15) is 0 Å². The minimum atomic E-state index is -2.82. The summed E-state index contributed by atoms with van der Waals surface area (Å²) in [5.74, 6) is -0.380. The predicted molar refractivity (Wildman–Crippen MR) is 70.4 cm³/mol. The van der Waals surface area contributed by atoms with E-state index in [1.54, 1.807) is 24.3 Å². The maximum Gasteiger partial charge on any atom is 0.314 e. The molecule has 0 radical (unpaired) electrons. The average molecular weight is 299 g/mol. The van der Waals surface area contributed by atoms with Crippen molar-refractivity contribution in [3.63, 3.8) is 0 Å². The van der Waals surface area contributed by atoms with E-state index in [4.69, 9.17) is 9.68 Å². The standard InChI is InChI=1S/C14H7F2N5O/c15-11(16)14-21-20-13(22-14)10-6-18-12(19-7-10)9-3-1-8(5-17)2-4-9/h1-4,6-7,11H. The molecule has 6 nitrogen and oxygen atoms in total. The van der Waals surface area contributed by atoms with Crippen LogP contribution in [0.4, 0.5) is 8.78 Å². The second-order valence-corrected chi connectivity index (χ2v) is 4.23. The summed E-state index contributed by atoms with van der Waals surface area (Å²) in [4.78, 5) is 8.25. The van der Waals surface area contributed by atoms with Crippen LogP contribution in [0.2, 0.25) is 0 Å². The Balaban J connectivity index is 1.86. The Morgan fingerprint density at radius 1 is 1.00 bits per heavy atom. The van der Waals surface area contributed by atoms with E-state index in [2.05, 4.69) is 20.2 Å². The van der Waals surface area contributed by atoms with Crippen molar-refractivity contribution in [3.8, 4) is 28.9 Å². The van der Waals surface area contributed by atoms with Crippen molar-refractivity contribution in [2.75, 3.05) is 0 Å². The van der Waals surface area contributed by atoms with Crippen LogP contribution >= 0.6 is 0 Å². The van der Waals surface area contributed by atoms with Gasteiger partial charge in [0, 0.05) is 18.0 Å². The topological polar surface area (TPSA) is 88.5 Å². The molecule has 1 aromatic carbocycles. The highest BCUT2D eigenvalue weighted by Crippen LogP contribution is 2.23. The summed E-state index contributed by atoms with van der Waals surface area (Å²) in [6.07, 6.45) is -0.00726. The molecule has 0 aliphatic heterocycles. The molecular formula is C14H7F2N5O. The third kappa shape index (κ3) is 2.64. The van der Waals surface area contributed by atoms with E-state index in [1.165, 1.54) is 12.4 Å². The number of rotatable bonds is 3. The van der Waals surface area contributed by atoms with Crippen molar-refractivity contribution in [3.05, 3.63) is 48.1 Å². The average Bonchev–Trinajstić information content (AvgIpc) is 3.05. The minimum absolute atomic E-state index is 0.0679. The fraction of sp³-hybridized carbons (Fsp3) is 0.0714. The first-order chi connectivity index (χ1) is 10.7. The van der Waals surface area contributed by atoms with Gasteiger partial charge in [0.05, 0.1) is 17.2 Å². The molecule has 0 amide bonds. The van der Waals surface area contributed by atoms with Gasteiger partial charge >= 0.3 is 6.43 Å². The molecule has 0 aliphatic rings. The minimum Gasteiger partial charge on any atom is -0.415 e. The largest absolute Gasteiger partial charge is 0.415 e. The second kappa shape index (κ2) is 5.65. The van der Waals surface area contributed by atoms with Gasteiger partial charge in [0.2, 0.25) is 0 Å². The zero-order valence-corrected chi connectivity index (χ0v) is 10.9. The molecule has 8 heteroatoms. The lowest BCUT2D eigenvalue weighted by Gasteiger charge is -2.00. The molecule has 0 unspecified atom stereocenters. The lowest BCUT2D eigenvalue weighted by Crippen LogP contribution is -1.90. The summed E-state index contributed by atoms with van der Waals surface area (Å²) in [5.41, 5.74) is 1.60. The number of benzene rings is 1. The number of nitrogens with zero attached hydrogens (tertiary/aromatic N) is 5. The molecule has 0 spiro atoms. The smallest absolute Gasteiger partial charge is 0.314 e. The lowest BCUT2D eigenvalue weighted by molar-refractivity contribution is 0.116. The normalized spacial score (nSPS) is 10.6. The molecule has 0 aliphatic carbocycles. The van der Waals surface area contributed by atoms with Gasteiger partial charge in [-0.3, -0.25) is 0 Å². The van der Waals surface area contributed by atoms with Crippen LogP contribution in [0.25, 0.3) is 22.8 Å². The number of hydrogen-bond donors (Lipinski definition) is 0. The SMILES string of the molecule is N#Cc1ccc(-c2ncc(-c3nnc(C(F)F)o3)cn2)cc1. The van der Waals surface area contributed by atoms with Gasteiger partial charge in [-0.2, -0.15) is 14.0 Å². The fourth-order valence-electron chi connectivity index (χ4n) is 1.72. The predicted octanol–water partition coefficient (Wildman–Crippen LogP) is 3.00. The maximum absolute atomic E-state index is 12.4. The first-order valence-electron chi connectivity index (χ1n) is 6.12. The zero-order chi connectivity index (χ0) is 15.5. The molecule has 0 bridgehead atoms. The van der Waals surface area contributed by atoms with Crippen LogP contribution in [0.5, 0.6) is 0 Å². The Bertz CT molecular complexity index is 822. The molecule has 22 heavy (non-hydrogen) atoms. The highest BCUT2D eigenvalue weighted by Gasteiger charge is 2.17. The maximum atomic E-state index is 12.4. The summed E-state index contributed by atoms with van der Waals surface area (Å²) < 4.78 is 29.6. The summed E-state index contributed by atoms with van der Waals surface area (Å²) in [5, 5.41) is 15.5. The molecule has 0 saturated carbocycles. The Morgan fingerprint density at radius 3 is 2.23 bits per heavy atom. The van der Waals surface area contributed by atoms with Crippen molar-refractivity contribution in [2.45, 2.75) is 6.43 Å². The van der Waals surface area contributed by atoms with Gasteiger partial charge < -0.3 is 4.42 Å². The molecule has 0 atom stereocenters. The van der Waals surface area contributed by atoms with Crippen LogP contribution in [-0.4, -0.2) is 20.2 Å². The van der Waals surface area contributed by atoms with E-state index < -0.39 is 12.3 Å². The monoisotopic (exact) mass is 299 g/mol. The van der Waals surface area contributed by atoms with E-state index in [1.807, 2.05) is 6.07 Å². The first-order valence-corrected chi connectivity index (χ1v) is 6.12.